The molecule has 0 bridgehead atoms. The minimum absolute atomic E-state index is 0.00173. The van der Waals surface area contributed by atoms with Crippen molar-refractivity contribution in [3.05, 3.63) is 124 Å². The van der Waals surface area contributed by atoms with Crippen LogP contribution < -0.4 is 31.3 Å². The zero-order valence-corrected chi connectivity index (χ0v) is 39.7. The second kappa shape index (κ2) is 23.8. The van der Waals surface area contributed by atoms with Crippen LogP contribution in [0.4, 0.5) is 5.13 Å². The second-order valence-corrected chi connectivity index (χ2v) is 18.6. The molecular formula is C47H48N8O14S2. The Balaban J connectivity index is 0.760. The summed E-state index contributed by atoms with van der Waals surface area (Å²) < 4.78 is 47.1. The summed E-state index contributed by atoms with van der Waals surface area (Å²) in [5.74, 6) is -4.46. The number of imide groups is 2. The number of anilines is 1. The predicted molar refractivity (Wildman–Crippen MR) is 254 cm³/mol. The highest BCUT2D eigenvalue weighted by atomic mass is 32.2. The molecule has 2 aliphatic rings. The van der Waals surface area contributed by atoms with E-state index in [4.69, 9.17) is 18.9 Å². The number of amides is 8. The number of fused-ring (bicyclic) bond motifs is 1. The fourth-order valence-electron chi connectivity index (χ4n) is 7.12. The summed E-state index contributed by atoms with van der Waals surface area (Å²) in [5, 5.41) is 15.0. The van der Waals surface area contributed by atoms with Gasteiger partial charge in [0.25, 0.3) is 35.4 Å². The minimum Gasteiger partial charge on any atom is -0.484 e. The van der Waals surface area contributed by atoms with Gasteiger partial charge in [-0.1, -0.05) is 42.5 Å². The number of rotatable bonds is 24. The average Bonchev–Trinajstić information content (AvgIpc) is 4.11. The van der Waals surface area contributed by atoms with Gasteiger partial charge >= 0.3 is 0 Å². The molecule has 0 saturated carbocycles. The van der Waals surface area contributed by atoms with E-state index in [2.05, 4.69) is 31.6 Å². The van der Waals surface area contributed by atoms with E-state index in [1.165, 1.54) is 41.8 Å². The van der Waals surface area contributed by atoms with Gasteiger partial charge in [0.1, 0.15) is 17.8 Å². The summed E-state index contributed by atoms with van der Waals surface area (Å²) >= 11 is 1.21. The van der Waals surface area contributed by atoms with Gasteiger partial charge in [0.15, 0.2) is 11.7 Å². The van der Waals surface area contributed by atoms with Crippen molar-refractivity contribution in [3.8, 4) is 17.0 Å². The number of carbonyl (C=O) groups excluding carboxylic acids is 8. The average molecular weight is 1010 g/mol. The number of carbonyl (C=O) groups is 8. The van der Waals surface area contributed by atoms with Crippen LogP contribution >= 0.6 is 11.3 Å². The second-order valence-electron chi connectivity index (χ2n) is 15.9. The Morgan fingerprint density at radius 2 is 1.55 bits per heavy atom. The third-order valence-corrected chi connectivity index (χ3v) is 12.5. The highest BCUT2D eigenvalue weighted by Crippen LogP contribution is 2.30. The lowest BCUT2D eigenvalue weighted by Crippen LogP contribution is -2.54. The third kappa shape index (κ3) is 13.8. The molecule has 2 atom stereocenters. The van der Waals surface area contributed by atoms with Crippen molar-refractivity contribution in [2.75, 3.05) is 64.3 Å². The molecule has 5 N–H and O–H groups in total. The van der Waals surface area contributed by atoms with Crippen LogP contribution in [0.3, 0.4) is 0 Å². The third-order valence-electron chi connectivity index (χ3n) is 10.8. The number of hydrogen-bond donors (Lipinski definition) is 5. The van der Waals surface area contributed by atoms with Crippen molar-refractivity contribution in [2.24, 2.45) is 0 Å². The maximum atomic E-state index is 13.5. The van der Waals surface area contributed by atoms with Gasteiger partial charge in [-0.15, -0.1) is 11.3 Å². The Bertz CT molecular complexity index is 2910. The van der Waals surface area contributed by atoms with E-state index in [1.807, 2.05) is 30.3 Å². The summed E-state index contributed by atoms with van der Waals surface area (Å²) in [6.07, 6.45) is 3.39. The number of hydrogen-bond acceptors (Lipinski definition) is 16. The Labute approximate surface area is 410 Å². The van der Waals surface area contributed by atoms with E-state index in [0.29, 0.717) is 22.0 Å². The number of aromatic nitrogens is 2. The van der Waals surface area contributed by atoms with E-state index < -0.39 is 63.5 Å². The predicted octanol–water partition coefficient (Wildman–Crippen LogP) is 1.73. The topological polar surface area (TPSA) is 289 Å². The minimum atomic E-state index is -3.64. The monoisotopic (exact) mass is 1010 g/mol. The lowest BCUT2D eigenvalue weighted by molar-refractivity contribution is -0.136. The highest BCUT2D eigenvalue weighted by molar-refractivity contribution is 7.89. The van der Waals surface area contributed by atoms with Crippen molar-refractivity contribution in [1.29, 1.82) is 0 Å². The van der Waals surface area contributed by atoms with Gasteiger partial charge in [-0.3, -0.25) is 52.5 Å². The van der Waals surface area contributed by atoms with Crippen LogP contribution in [-0.2, 0) is 50.0 Å². The molecule has 71 heavy (non-hydrogen) atoms. The molecule has 2 unspecified atom stereocenters. The molecule has 0 spiro atoms. The first-order chi connectivity index (χ1) is 34.1. The van der Waals surface area contributed by atoms with E-state index in [0.717, 1.165) is 26.9 Å². The maximum Gasteiger partial charge on any atom is 0.262 e. The molecule has 24 heteroatoms. The molecule has 1 saturated heterocycles. The first-order valence-corrected chi connectivity index (χ1v) is 24.7. The summed E-state index contributed by atoms with van der Waals surface area (Å²) in [5.41, 5.74) is 2.71. The van der Waals surface area contributed by atoms with Crippen LogP contribution in [0.15, 0.2) is 96.6 Å². The molecule has 1 fully saturated rings. The summed E-state index contributed by atoms with van der Waals surface area (Å²) in [7, 11) is -3.64. The first kappa shape index (κ1) is 51.2. The van der Waals surface area contributed by atoms with Crippen LogP contribution in [0.5, 0.6) is 5.75 Å². The van der Waals surface area contributed by atoms with E-state index in [-0.39, 0.29) is 101 Å². The van der Waals surface area contributed by atoms with Gasteiger partial charge in [-0.2, -0.15) is 0 Å². The van der Waals surface area contributed by atoms with Crippen LogP contribution in [0.25, 0.3) is 11.3 Å². The Morgan fingerprint density at radius 1 is 0.831 bits per heavy atom. The molecule has 3 aromatic carbocycles. The van der Waals surface area contributed by atoms with Gasteiger partial charge in [0.05, 0.1) is 68.3 Å². The van der Waals surface area contributed by atoms with E-state index in [9.17, 15) is 46.8 Å². The molecule has 4 heterocycles. The maximum absolute atomic E-state index is 13.5. The number of thiazole rings is 1. The van der Waals surface area contributed by atoms with Gasteiger partial charge < -0.3 is 40.2 Å². The summed E-state index contributed by atoms with van der Waals surface area (Å²) in [4.78, 5) is 107. The first-order valence-electron chi connectivity index (χ1n) is 22.0. The van der Waals surface area contributed by atoms with Crippen molar-refractivity contribution in [2.45, 2.75) is 31.5 Å². The van der Waals surface area contributed by atoms with Crippen molar-refractivity contribution in [3.63, 3.8) is 0 Å². The standard InChI is InChI=1S/C47H48N8O14S2/c1-71(64,65)54-18-15-32(24-54)42(59)50-36(43(60)53-47-51-37(28-70-47)30-5-3-2-4-6-30)26-68-25-29-7-9-31(10-8-29)41(58)49-17-20-67-22-21-66-19-16-48-40(57)27-69-33-11-12-34-35(23-33)46(63)55(45(34)62)38-13-14-39(56)52-44(38)61/h2-12,15,18,23-24,28,36,38H,13-14,16-17,19-22,25-27H2,1H3,(H,48,57)(H,49,58)(H,50,59)(H,51,53,60)(H,52,56,61). The van der Waals surface area contributed by atoms with Crippen molar-refractivity contribution in [1.82, 2.24) is 35.1 Å². The van der Waals surface area contributed by atoms with Gasteiger partial charge in [-0.25, -0.2) is 13.4 Å². The Kier molecular flexibility index (Phi) is 17.2. The largest absolute Gasteiger partial charge is 0.484 e. The molecule has 7 rings (SSSR count). The summed E-state index contributed by atoms with van der Waals surface area (Å²) in [6, 6.07) is 19.1. The number of piperidine rings is 1. The van der Waals surface area contributed by atoms with Gasteiger partial charge in [-0.05, 0) is 48.4 Å². The fourth-order valence-corrected chi connectivity index (χ4v) is 8.43. The molecule has 372 valence electrons. The smallest absolute Gasteiger partial charge is 0.262 e. The molecule has 8 amide bonds. The molecule has 0 aliphatic carbocycles. The van der Waals surface area contributed by atoms with E-state index >= 15 is 0 Å². The quantitative estimate of drug-likeness (QED) is 0.0435. The summed E-state index contributed by atoms with van der Waals surface area (Å²) in [6.45, 7) is 0.622. The van der Waals surface area contributed by atoms with Gasteiger partial charge in [0.2, 0.25) is 21.8 Å². The van der Waals surface area contributed by atoms with Crippen molar-refractivity contribution >= 4 is 73.7 Å². The van der Waals surface area contributed by atoms with E-state index in [1.54, 1.807) is 29.6 Å². The normalized spacial score (nSPS) is 14.9. The number of nitrogens with one attached hydrogen (secondary N) is 5. The zero-order valence-electron chi connectivity index (χ0n) is 38.0. The number of benzene rings is 3. The zero-order chi connectivity index (χ0) is 50.5. The Morgan fingerprint density at radius 3 is 2.25 bits per heavy atom. The molecule has 0 radical (unpaired) electrons. The van der Waals surface area contributed by atoms with Crippen LogP contribution in [0, 0.1) is 0 Å². The fraction of sp³-hybridized carbons (Fsp3) is 0.298. The van der Waals surface area contributed by atoms with Crippen LogP contribution in [-0.4, -0.2) is 141 Å². The molecule has 2 aromatic heterocycles. The SMILES string of the molecule is CS(=O)(=O)n1ccc(C(=O)NC(COCc2ccc(C(=O)NCCOCCOCCNC(=O)COc3ccc4c(c3)C(=O)N(C3CCC(=O)NC3=O)C4=O)cc2)C(=O)Nc2nc(-c3ccccc3)cs2)c1. The van der Waals surface area contributed by atoms with Crippen LogP contribution in [0.1, 0.15) is 59.8 Å². The van der Waals surface area contributed by atoms with Crippen molar-refractivity contribution < 1.29 is 65.7 Å². The number of ether oxygens (including phenoxy) is 4. The molecule has 5 aromatic rings. The lowest BCUT2D eigenvalue weighted by Gasteiger charge is -2.27. The van der Waals surface area contributed by atoms with Gasteiger partial charge in [0, 0.05) is 48.4 Å². The highest BCUT2D eigenvalue weighted by Gasteiger charge is 2.44. The molecule has 22 nitrogen and oxygen atoms in total. The molecular weight excluding hydrogens is 965 g/mol. The number of nitrogens with zero attached hydrogens (tertiary/aromatic N) is 3. The molecule has 2 aliphatic heterocycles. The lowest BCUT2D eigenvalue weighted by atomic mass is 10.0. The Hall–Kier alpha value is -7.64. The van der Waals surface area contributed by atoms with Crippen LogP contribution in [0.2, 0.25) is 0 Å².